The Bertz CT molecular complexity index is 2810. The van der Waals surface area contributed by atoms with Crippen LogP contribution in [-0.2, 0) is 0 Å². The van der Waals surface area contributed by atoms with Crippen LogP contribution in [0.4, 0.5) is 17.1 Å². The van der Waals surface area contributed by atoms with Crippen molar-refractivity contribution in [3.05, 3.63) is 146 Å². The first-order valence-corrected chi connectivity index (χ1v) is 26.3. The minimum absolute atomic E-state index is 0.116. The third-order valence-electron chi connectivity index (χ3n) is 12.2. The van der Waals surface area contributed by atoms with Gasteiger partial charge in [0.15, 0.2) is 0 Å². The molecule has 2 aromatic heterocycles. The van der Waals surface area contributed by atoms with Crippen LogP contribution in [0.1, 0.15) is 0 Å². The Morgan fingerprint density at radius 1 is 0.426 bits per heavy atom. The van der Waals surface area contributed by atoms with Crippen molar-refractivity contribution < 1.29 is 0 Å². The third kappa shape index (κ3) is 4.35. The Kier molecular flexibility index (Phi) is 6.50. The molecule has 0 aliphatic carbocycles. The van der Waals surface area contributed by atoms with E-state index in [9.17, 15) is 0 Å². The van der Waals surface area contributed by atoms with Crippen LogP contribution in [0.15, 0.2) is 146 Å². The third-order valence-corrected chi connectivity index (χ3v) is 16.3. The quantitative estimate of drug-likeness (QED) is 0.161. The summed E-state index contributed by atoms with van der Waals surface area (Å²) in [6.45, 7) is 14.7. The summed E-state index contributed by atoms with van der Waals surface area (Å²) < 4.78 is 5.16. The molecule has 0 bridgehead atoms. The van der Waals surface area contributed by atoms with Gasteiger partial charge in [-0.25, -0.2) is 0 Å². The maximum atomic E-state index is 2.58. The Morgan fingerprint density at radius 2 is 0.833 bits per heavy atom. The molecule has 11 rings (SSSR count). The van der Waals surface area contributed by atoms with Gasteiger partial charge in [0.2, 0.25) is 0 Å². The van der Waals surface area contributed by atoms with E-state index < -0.39 is 16.1 Å². The van der Waals surface area contributed by atoms with E-state index in [1.165, 1.54) is 98.8 Å². The molecule has 7 aromatic carbocycles. The number of fused-ring (bicyclic) bond motifs is 10. The van der Waals surface area contributed by atoms with E-state index in [2.05, 4.69) is 199 Å². The summed E-state index contributed by atoms with van der Waals surface area (Å²) in [6, 6.07) is 55.8. The normalized spacial score (nSPS) is 13.3. The maximum Gasteiger partial charge on any atom is 0.252 e. The van der Waals surface area contributed by atoms with Gasteiger partial charge in [-0.2, -0.15) is 0 Å². The zero-order valence-corrected chi connectivity index (χ0v) is 33.8. The highest BCUT2D eigenvalue weighted by Crippen LogP contribution is 2.43. The summed E-state index contributed by atoms with van der Waals surface area (Å²) in [4.78, 5) is 2.50. The van der Waals surface area contributed by atoms with E-state index in [1.54, 1.807) is 0 Å². The molecule has 4 heterocycles. The number of benzene rings is 7. The Labute approximate surface area is 319 Å². The van der Waals surface area contributed by atoms with Crippen molar-refractivity contribution in [2.24, 2.45) is 0 Å². The van der Waals surface area contributed by atoms with Crippen molar-refractivity contribution in [3.63, 3.8) is 0 Å². The molecular weight excluding hydrogens is 686 g/mol. The first-order chi connectivity index (χ1) is 26.1. The highest BCUT2D eigenvalue weighted by Gasteiger charge is 2.41. The number of anilines is 3. The van der Waals surface area contributed by atoms with Gasteiger partial charge in [-0.1, -0.05) is 147 Å². The lowest BCUT2D eigenvalue weighted by atomic mass is 9.34. The van der Waals surface area contributed by atoms with Gasteiger partial charge in [0.05, 0.1) is 32.9 Å². The fraction of sp³-hybridized carbons (Fsp3) is 0.125. The molecule has 9 aromatic rings. The molecule has 260 valence electrons. The summed E-state index contributed by atoms with van der Waals surface area (Å²) in [5, 5.41) is 8.19. The summed E-state index contributed by atoms with van der Waals surface area (Å²) in [6.07, 6.45) is 0. The summed E-state index contributed by atoms with van der Waals surface area (Å²) in [5.41, 5.74) is 15.4. The van der Waals surface area contributed by atoms with Crippen molar-refractivity contribution >= 4 is 110 Å². The van der Waals surface area contributed by atoms with Gasteiger partial charge in [0, 0.05) is 55.3 Å². The van der Waals surface area contributed by atoms with Gasteiger partial charge >= 0.3 is 0 Å². The Morgan fingerprint density at radius 3 is 1.26 bits per heavy atom. The van der Waals surface area contributed by atoms with Crippen molar-refractivity contribution in [1.82, 2.24) is 9.13 Å². The van der Waals surface area contributed by atoms with E-state index in [4.69, 9.17) is 0 Å². The van der Waals surface area contributed by atoms with Crippen LogP contribution in [0.5, 0.6) is 0 Å². The Balaban J connectivity index is 1.28. The predicted molar refractivity (Wildman–Crippen MR) is 240 cm³/mol. The summed E-state index contributed by atoms with van der Waals surface area (Å²) >= 11 is 0. The van der Waals surface area contributed by atoms with Crippen molar-refractivity contribution in [1.29, 1.82) is 0 Å². The zero-order chi connectivity index (χ0) is 36.7. The molecular formula is C48H42BN3Si2. The molecule has 0 spiro atoms. The molecule has 54 heavy (non-hydrogen) atoms. The van der Waals surface area contributed by atoms with Crippen LogP contribution >= 0.6 is 0 Å². The molecule has 0 amide bonds. The smallest absolute Gasteiger partial charge is 0.252 e. The minimum Gasteiger partial charge on any atom is -0.310 e. The first kappa shape index (κ1) is 31.9. The number of aromatic nitrogens is 2. The van der Waals surface area contributed by atoms with Gasteiger partial charge in [-0.3, -0.25) is 0 Å². The van der Waals surface area contributed by atoms with Crippen molar-refractivity contribution in [2.75, 3.05) is 4.90 Å². The molecule has 0 radical (unpaired) electrons. The summed E-state index contributed by atoms with van der Waals surface area (Å²) in [5.74, 6) is 0. The van der Waals surface area contributed by atoms with Gasteiger partial charge < -0.3 is 14.0 Å². The van der Waals surface area contributed by atoms with Crippen molar-refractivity contribution in [2.45, 2.75) is 39.3 Å². The lowest BCUT2D eigenvalue weighted by Crippen LogP contribution is -2.59. The molecule has 0 fully saturated rings. The lowest BCUT2D eigenvalue weighted by Gasteiger charge is -2.36. The van der Waals surface area contributed by atoms with Gasteiger partial charge in [0.25, 0.3) is 6.71 Å². The van der Waals surface area contributed by atoms with Gasteiger partial charge in [-0.15, -0.1) is 0 Å². The largest absolute Gasteiger partial charge is 0.310 e. The molecule has 0 N–H and O–H groups in total. The molecule has 6 heteroatoms. The van der Waals surface area contributed by atoms with E-state index in [1.807, 2.05) is 0 Å². The number of rotatable bonds is 5. The second-order valence-corrected chi connectivity index (χ2v) is 27.6. The second-order valence-electron chi connectivity index (χ2n) is 17.5. The number of nitrogens with zero attached hydrogens (tertiary/aromatic N) is 3. The van der Waals surface area contributed by atoms with E-state index in [0.29, 0.717) is 0 Å². The van der Waals surface area contributed by atoms with Crippen LogP contribution in [-0.4, -0.2) is 32.0 Å². The first-order valence-electron chi connectivity index (χ1n) is 19.3. The van der Waals surface area contributed by atoms with Crippen LogP contribution in [0.25, 0.3) is 55.0 Å². The van der Waals surface area contributed by atoms with Crippen molar-refractivity contribution in [3.8, 4) is 11.4 Å². The fourth-order valence-corrected chi connectivity index (χ4v) is 11.9. The molecule has 2 aliphatic rings. The van der Waals surface area contributed by atoms with Crippen LogP contribution in [0.2, 0.25) is 39.3 Å². The van der Waals surface area contributed by atoms with E-state index in [-0.39, 0.29) is 6.71 Å². The van der Waals surface area contributed by atoms with E-state index >= 15 is 0 Å². The highest BCUT2D eigenvalue weighted by atomic mass is 28.3. The van der Waals surface area contributed by atoms with Crippen LogP contribution < -0.4 is 31.7 Å². The topological polar surface area (TPSA) is 13.1 Å². The summed E-state index contributed by atoms with van der Waals surface area (Å²) in [7, 11) is -2.98. The number of para-hydroxylation sites is 4. The average Bonchev–Trinajstić information content (AvgIpc) is 3.69. The highest BCUT2D eigenvalue weighted by molar-refractivity contribution is 7.00. The van der Waals surface area contributed by atoms with Gasteiger partial charge in [-0.05, 0) is 64.9 Å². The van der Waals surface area contributed by atoms with Crippen LogP contribution in [0, 0.1) is 0 Å². The molecule has 0 atom stereocenters. The van der Waals surface area contributed by atoms with Gasteiger partial charge in [0.1, 0.15) is 0 Å². The van der Waals surface area contributed by atoms with Crippen LogP contribution in [0.3, 0.4) is 0 Å². The molecule has 0 unspecified atom stereocenters. The monoisotopic (exact) mass is 727 g/mol. The standard InChI is InChI=1S/C48H42BN3Si2/c1-53(2,3)34-25-21-31(22-26-34)50(32-23-27-35(28-24-32)54(4,5)6)33-29-44-46-45(30-33)52-43-20-10-8-14-37(43)39-16-12-18-41(48(39)52)49(46)40-17-11-15-38-36-13-7-9-19-42(36)51(44)47(38)40/h7-30H,1-6H3. The molecule has 0 saturated heterocycles. The number of hydrogen-bond donors (Lipinski definition) is 0. The zero-order valence-electron chi connectivity index (χ0n) is 31.8. The fourth-order valence-electron chi connectivity index (χ4n) is 9.61. The lowest BCUT2D eigenvalue weighted by molar-refractivity contribution is 1.13. The molecule has 3 nitrogen and oxygen atoms in total. The number of hydrogen-bond acceptors (Lipinski definition) is 1. The average molecular weight is 728 g/mol. The molecule has 2 aliphatic heterocycles. The molecule has 0 saturated carbocycles. The minimum atomic E-state index is -1.49. The van der Waals surface area contributed by atoms with E-state index in [0.717, 1.165) is 0 Å². The second kappa shape index (κ2) is 11.0. The predicted octanol–water partition coefficient (Wildman–Crippen LogP) is 9.58. The SMILES string of the molecule is C[Si](C)(C)c1ccc(N(c2ccc([Si](C)(C)C)cc2)c2cc3c4c(c2)-n2c5ccccc5c5cccc(c52)B4c2cccc4c5ccccc5n-3c24)cc1. The maximum absolute atomic E-state index is 2.58. The Hall–Kier alpha value is -5.56.